The van der Waals surface area contributed by atoms with Crippen molar-refractivity contribution in [3.05, 3.63) is 0 Å². The normalized spacial score (nSPS) is 14.5. The number of hydrazine groups is 1. The summed E-state index contributed by atoms with van der Waals surface area (Å²) in [5, 5.41) is 0. The minimum absolute atomic E-state index is 0.144. The van der Waals surface area contributed by atoms with E-state index in [1.807, 2.05) is 0 Å². The molecule has 15 heavy (non-hydrogen) atoms. The minimum atomic E-state index is -2.92. The van der Waals surface area contributed by atoms with E-state index < -0.39 is 16.1 Å². The van der Waals surface area contributed by atoms with E-state index >= 15 is 0 Å². The van der Waals surface area contributed by atoms with E-state index in [9.17, 15) is 8.42 Å². The summed E-state index contributed by atoms with van der Waals surface area (Å²) < 4.78 is 31.8. The van der Waals surface area contributed by atoms with Crippen LogP contribution in [0.2, 0.25) is 0 Å². The van der Waals surface area contributed by atoms with E-state index in [0.717, 1.165) is 0 Å². The Bertz CT molecular complexity index is 251. The zero-order valence-electron chi connectivity index (χ0n) is 9.39. The maximum atomic E-state index is 10.9. The van der Waals surface area contributed by atoms with Gasteiger partial charge in [0.2, 0.25) is 0 Å². The molecule has 0 aliphatic heterocycles. The molecule has 0 aliphatic carbocycles. The number of nitrogens with one attached hydrogen (secondary N) is 1. The average molecular weight is 240 g/mol. The molecule has 0 aromatic carbocycles. The van der Waals surface area contributed by atoms with Crippen molar-refractivity contribution in [2.45, 2.75) is 25.2 Å². The Morgan fingerprint density at radius 2 is 1.87 bits per heavy atom. The molecule has 0 saturated carbocycles. The number of nitrogens with two attached hydrogens (primary N) is 1. The van der Waals surface area contributed by atoms with E-state index in [4.69, 9.17) is 15.3 Å². The molecule has 0 radical (unpaired) electrons. The fraction of sp³-hybridized carbons (Fsp3) is 1.00. The maximum Gasteiger partial charge on any atom is 0.173 e. The summed E-state index contributed by atoms with van der Waals surface area (Å²) in [5.41, 5.74) is 2.55. The first-order valence-electron chi connectivity index (χ1n) is 4.64. The van der Waals surface area contributed by atoms with Gasteiger partial charge in [-0.15, -0.1) is 0 Å². The summed E-state index contributed by atoms with van der Waals surface area (Å²) in [6, 6.07) is -0.207. The molecule has 0 amide bonds. The first kappa shape index (κ1) is 14.8. The van der Waals surface area contributed by atoms with E-state index in [-0.39, 0.29) is 11.8 Å². The summed E-state index contributed by atoms with van der Waals surface area (Å²) in [6.07, 6.45) is 1.85. The van der Waals surface area contributed by atoms with Crippen LogP contribution >= 0.6 is 0 Å². The van der Waals surface area contributed by atoms with Gasteiger partial charge in [0.25, 0.3) is 0 Å². The Balaban J connectivity index is 4.00. The first-order valence-corrected chi connectivity index (χ1v) is 6.70. The summed E-state index contributed by atoms with van der Waals surface area (Å²) >= 11 is 0. The summed E-state index contributed by atoms with van der Waals surface area (Å²) in [6.45, 7) is 0. The molecule has 0 heterocycles. The molecule has 0 aromatic heterocycles. The van der Waals surface area contributed by atoms with Gasteiger partial charge in [-0.3, -0.25) is 11.3 Å². The summed E-state index contributed by atoms with van der Waals surface area (Å²) in [7, 11) is 0.101. The number of hydrogen-bond acceptors (Lipinski definition) is 6. The highest BCUT2D eigenvalue weighted by Crippen LogP contribution is 2.06. The number of hydrogen-bond donors (Lipinski definition) is 2. The third-order valence-corrected chi connectivity index (χ3v) is 3.07. The monoisotopic (exact) mass is 240 g/mol. The molecule has 7 heteroatoms. The maximum absolute atomic E-state index is 10.9. The van der Waals surface area contributed by atoms with Crippen LogP contribution in [0.3, 0.4) is 0 Å². The quantitative estimate of drug-likeness (QED) is 0.330. The number of methoxy groups -OCH3 is 2. The van der Waals surface area contributed by atoms with Crippen LogP contribution < -0.4 is 11.3 Å². The van der Waals surface area contributed by atoms with Crippen LogP contribution in [0.25, 0.3) is 0 Å². The van der Waals surface area contributed by atoms with Gasteiger partial charge >= 0.3 is 0 Å². The number of ether oxygens (including phenoxy) is 2. The molecule has 0 saturated heterocycles. The smallest absolute Gasteiger partial charge is 0.173 e. The second-order valence-electron chi connectivity index (χ2n) is 3.39. The third kappa shape index (κ3) is 6.80. The Morgan fingerprint density at radius 1 is 1.33 bits per heavy atom. The lowest BCUT2D eigenvalue weighted by Crippen LogP contribution is -2.45. The van der Waals surface area contributed by atoms with Crippen molar-refractivity contribution in [2.24, 2.45) is 5.84 Å². The van der Waals surface area contributed by atoms with Gasteiger partial charge in [-0.1, -0.05) is 0 Å². The highest BCUT2D eigenvalue weighted by molar-refractivity contribution is 7.90. The van der Waals surface area contributed by atoms with Gasteiger partial charge in [-0.05, 0) is 12.8 Å². The van der Waals surface area contributed by atoms with Crippen molar-refractivity contribution in [3.8, 4) is 0 Å². The zero-order chi connectivity index (χ0) is 11.9. The Kier molecular flexibility index (Phi) is 7.03. The van der Waals surface area contributed by atoms with Crippen LogP contribution in [0, 0.1) is 0 Å². The van der Waals surface area contributed by atoms with E-state index in [1.165, 1.54) is 20.5 Å². The van der Waals surface area contributed by atoms with Crippen molar-refractivity contribution in [1.82, 2.24) is 5.43 Å². The molecule has 1 unspecified atom stereocenters. The van der Waals surface area contributed by atoms with Gasteiger partial charge < -0.3 is 9.47 Å². The average Bonchev–Trinajstić information content (AvgIpc) is 2.15. The molecule has 3 N–H and O–H groups in total. The molecule has 0 aliphatic rings. The van der Waals surface area contributed by atoms with Crippen molar-refractivity contribution in [3.63, 3.8) is 0 Å². The van der Waals surface area contributed by atoms with Gasteiger partial charge in [-0.25, -0.2) is 8.42 Å². The zero-order valence-corrected chi connectivity index (χ0v) is 10.2. The lowest BCUT2D eigenvalue weighted by molar-refractivity contribution is -0.124. The molecule has 1 atom stereocenters. The van der Waals surface area contributed by atoms with Gasteiger partial charge in [-0.2, -0.15) is 0 Å². The van der Waals surface area contributed by atoms with Crippen molar-refractivity contribution < 1.29 is 17.9 Å². The van der Waals surface area contributed by atoms with Crippen LogP contribution in [0.1, 0.15) is 12.8 Å². The predicted molar refractivity (Wildman–Crippen MR) is 57.9 cm³/mol. The lowest BCUT2D eigenvalue weighted by atomic mass is 10.2. The van der Waals surface area contributed by atoms with Gasteiger partial charge in [0.15, 0.2) is 6.29 Å². The lowest BCUT2D eigenvalue weighted by Gasteiger charge is -2.23. The largest absolute Gasteiger partial charge is 0.354 e. The van der Waals surface area contributed by atoms with Gasteiger partial charge in [0.05, 0.1) is 6.04 Å². The molecule has 0 spiro atoms. The highest BCUT2D eigenvalue weighted by atomic mass is 32.2. The highest BCUT2D eigenvalue weighted by Gasteiger charge is 2.19. The Morgan fingerprint density at radius 3 is 2.20 bits per heavy atom. The standard InChI is InChI=1S/C8H20N2O4S/c1-13-8(14-2)7(10-9)5-4-6-15(3,11)12/h7-8,10H,4-6,9H2,1-3H3. The van der Waals surface area contributed by atoms with E-state index in [2.05, 4.69) is 5.43 Å². The predicted octanol–water partition coefficient (Wildman–Crippen LogP) is -0.738. The molecule has 0 aromatic rings. The van der Waals surface area contributed by atoms with Gasteiger partial charge in [0.1, 0.15) is 9.84 Å². The van der Waals surface area contributed by atoms with Crippen LogP contribution in [0.15, 0.2) is 0 Å². The fourth-order valence-corrected chi connectivity index (χ4v) is 1.98. The van der Waals surface area contributed by atoms with Gasteiger partial charge in [0, 0.05) is 26.2 Å². The van der Waals surface area contributed by atoms with Crippen molar-refractivity contribution in [1.29, 1.82) is 0 Å². The molecule has 0 rings (SSSR count). The Hall–Kier alpha value is -0.210. The molecule has 0 fully saturated rings. The second-order valence-corrected chi connectivity index (χ2v) is 5.64. The first-order chi connectivity index (χ1) is 6.94. The molecular formula is C8H20N2O4S. The van der Waals surface area contributed by atoms with Crippen LogP contribution in [0.4, 0.5) is 0 Å². The van der Waals surface area contributed by atoms with Crippen molar-refractivity contribution in [2.75, 3.05) is 26.2 Å². The van der Waals surface area contributed by atoms with Crippen LogP contribution in [-0.2, 0) is 19.3 Å². The topological polar surface area (TPSA) is 90.6 Å². The second kappa shape index (κ2) is 7.13. The fourth-order valence-electron chi connectivity index (χ4n) is 1.29. The van der Waals surface area contributed by atoms with E-state index in [0.29, 0.717) is 12.8 Å². The third-order valence-electron chi connectivity index (χ3n) is 2.04. The summed E-state index contributed by atoms with van der Waals surface area (Å²) in [5.74, 6) is 5.46. The van der Waals surface area contributed by atoms with Crippen molar-refractivity contribution >= 4 is 9.84 Å². The molecule has 0 bridgehead atoms. The number of rotatable bonds is 8. The van der Waals surface area contributed by atoms with Crippen LogP contribution in [-0.4, -0.2) is 47.0 Å². The molecule has 6 nitrogen and oxygen atoms in total. The Labute approximate surface area is 91.0 Å². The molecule has 92 valence electrons. The SMILES string of the molecule is COC(OC)C(CCCS(C)(=O)=O)NN. The summed E-state index contributed by atoms with van der Waals surface area (Å²) in [4.78, 5) is 0. The van der Waals surface area contributed by atoms with E-state index in [1.54, 1.807) is 0 Å². The minimum Gasteiger partial charge on any atom is -0.354 e. The molecular weight excluding hydrogens is 220 g/mol. The van der Waals surface area contributed by atoms with Crippen LogP contribution in [0.5, 0.6) is 0 Å². The number of sulfone groups is 1.